The van der Waals surface area contributed by atoms with Crippen LogP contribution in [0.5, 0.6) is 0 Å². The van der Waals surface area contributed by atoms with E-state index in [0.717, 1.165) is 0 Å². The molecule has 0 aromatic heterocycles. The molecule has 0 heterocycles. The Labute approximate surface area is 104 Å². The summed E-state index contributed by atoms with van der Waals surface area (Å²) in [5.41, 5.74) is 3.68. The molecule has 0 spiro atoms. The molecule has 17 heavy (non-hydrogen) atoms. The highest BCUT2D eigenvalue weighted by Gasteiger charge is 2.30. The minimum absolute atomic E-state index is 0.683. The monoisotopic (exact) mass is 238 g/mol. The maximum Gasteiger partial charge on any atom is 0.0566 e. The van der Waals surface area contributed by atoms with Crippen LogP contribution in [0.15, 0.2) is 42.5 Å². The van der Waals surface area contributed by atoms with Crippen LogP contribution in [0.25, 0.3) is 16.8 Å². The molecule has 1 aliphatic carbocycles. The Morgan fingerprint density at radius 1 is 0.941 bits per heavy atom. The van der Waals surface area contributed by atoms with Crippen molar-refractivity contribution in [2.75, 3.05) is 0 Å². The number of allylic oxidation sites excluding steroid dienone is 1. The second-order valence-corrected chi connectivity index (χ2v) is 11.3. The van der Waals surface area contributed by atoms with Gasteiger partial charge in [0.25, 0.3) is 0 Å². The van der Waals surface area contributed by atoms with Gasteiger partial charge in [-0.1, -0.05) is 68.2 Å². The normalized spacial score (nSPS) is 18.6. The molecule has 86 valence electrons. The zero-order chi connectivity index (χ0) is 12.0. The van der Waals surface area contributed by atoms with Gasteiger partial charge < -0.3 is 0 Å². The topological polar surface area (TPSA) is 0 Å². The molecular weight excluding hydrogens is 220 g/mol. The van der Waals surface area contributed by atoms with Gasteiger partial charge in [0.15, 0.2) is 0 Å². The highest BCUT2D eigenvalue weighted by atomic mass is 28.3. The lowest BCUT2D eigenvalue weighted by molar-refractivity contribution is 1.17. The van der Waals surface area contributed by atoms with E-state index in [4.69, 9.17) is 0 Å². The number of hydrogen-bond donors (Lipinski definition) is 0. The van der Waals surface area contributed by atoms with Crippen molar-refractivity contribution in [2.45, 2.75) is 25.2 Å². The molecule has 2 aromatic carbocycles. The maximum absolute atomic E-state index is 2.45. The average molecular weight is 238 g/mol. The van der Waals surface area contributed by atoms with Gasteiger partial charge in [-0.25, -0.2) is 0 Å². The van der Waals surface area contributed by atoms with E-state index in [1.807, 2.05) is 0 Å². The van der Waals surface area contributed by atoms with Crippen molar-refractivity contribution in [1.29, 1.82) is 0 Å². The molecule has 0 saturated carbocycles. The Hall–Kier alpha value is -1.34. The minimum atomic E-state index is -1.15. The van der Waals surface area contributed by atoms with Crippen LogP contribution in [-0.4, -0.2) is 8.07 Å². The van der Waals surface area contributed by atoms with Gasteiger partial charge in [0.05, 0.1) is 8.07 Å². The Balaban J connectivity index is 2.25. The van der Waals surface area contributed by atoms with Crippen LogP contribution in [0.2, 0.25) is 19.6 Å². The zero-order valence-electron chi connectivity index (χ0n) is 10.7. The highest BCUT2D eigenvalue weighted by Crippen LogP contribution is 2.39. The Bertz CT molecular complexity index is 602. The average Bonchev–Trinajstić information content (AvgIpc) is 2.72. The first kappa shape index (κ1) is 10.8. The molecule has 1 heteroatoms. The van der Waals surface area contributed by atoms with E-state index in [1.54, 1.807) is 5.56 Å². The van der Waals surface area contributed by atoms with Crippen molar-refractivity contribution in [3.05, 3.63) is 53.6 Å². The first-order valence-electron chi connectivity index (χ1n) is 6.27. The van der Waals surface area contributed by atoms with E-state index in [-0.39, 0.29) is 0 Å². The number of benzene rings is 2. The fraction of sp³-hybridized carbons (Fsp3) is 0.250. The van der Waals surface area contributed by atoms with Gasteiger partial charge >= 0.3 is 0 Å². The quantitative estimate of drug-likeness (QED) is 0.624. The lowest BCUT2D eigenvalue weighted by atomic mass is 10.0. The molecule has 2 aromatic rings. The van der Waals surface area contributed by atoms with Crippen LogP contribution in [-0.2, 0) is 0 Å². The van der Waals surface area contributed by atoms with Gasteiger partial charge in [0, 0.05) is 0 Å². The third-order valence-electron chi connectivity index (χ3n) is 3.73. The van der Waals surface area contributed by atoms with E-state index in [9.17, 15) is 0 Å². The van der Waals surface area contributed by atoms with Crippen LogP contribution >= 0.6 is 0 Å². The zero-order valence-corrected chi connectivity index (χ0v) is 11.7. The number of rotatable bonds is 1. The summed E-state index contributed by atoms with van der Waals surface area (Å²) in [5, 5.41) is 2.76. The smallest absolute Gasteiger partial charge is 0.0566 e. The molecule has 1 atom stereocenters. The SMILES string of the molecule is C[Si](C)(C)C1C=Cc2c1ccc1ccccc21. The summed E-state index contributed by atoms with van der Waals surface area (Å²) in [4.78, 5) is 0. The van der Waals surface area contributed by atoms with Gasteiger partial charge in [-0.15, -0.1) is 0 Å². The number of hydrogen-bond acceptors (Lipinski definition) is 0. The lowest BCUT2D eigenvalue weighted by Crippen LogP contribution is -2.28. The molecular formula is C16H18Si. The van der Waals surface area contributed by atoms with Gasteiger partial charge in [-0.05, 0) is 27.4 Å². The summed E-state index contributed by atoms with van der Waals surface area (Å²) in [6, 6.07) is 13.3. The first-order chi connectivity index (χ1) is 8.07. The second kappa shape index (κ2) is 3.57. The maximum atomic E-state index is 2.45. The Morgan fingerprint density at radius 3 is 2.47 bits per heavy atom. The molecule has 0 nitrogen and oxygen atoms in total. The molecule has 3 rings (SSSR count). The molecule has 1 unspecified atom stereocenters. The Kier molecular flexibility index (Phi) is 2.27. The lowest BCUT2D eigenvalue weighted by Gasteiger charge is -2.25. The predicted molar refractivity (Wildman–Crippen MR) is 79.1 cm³/mol. The summed E-state index contributed by atoms with van der Waals surface area (Å²) in [7, 11) is -1.15. The summed E-state index contributed by atoms with van der Waals surface area (Å²) in [6.07, 6.45) is 4.75. The summed E-state index contributed by atoms with van der Waals surface area (Å²) < 4.78 is 0. The van der Waals surface area contributed by atoms with Crippen LogP contribution in [0.3, 0.4) is 0 Å². The van der Waals surface area contributed by atoms with Crippen molar-refractivity contribution in [2.24, 2.45) is 0 Å². The van der Waals surface area contributed by atoms with Gasteiger partial charge in [0.1, 0.15) is 0 Å². The van der Waals surface area contributed by atoms with Gasteiger partial charge in [-0.3, -0.25) is 0 Å². The molecule has 0 saturated heterocycles. The molecule has 0 fully saturated rings. The summed E-state index contributed by atoms with van der Waals surface area (Å²) >= 11 is 0. The summed E-state index contributed by atoms with van der Waals surface area (Å²) in [5.74, 6) is 0. The molecule has 0 N–H and O–H groups in total. The molecule has 0 amide bonds. The van der Waals surface area contributed by atoms with Crippen molar-refractivity contribution >= 4 is 24.9 Å². The third kappa shape index (κ3) is 1.66. The van der Waals surface area contributed by atoms with Crippen molar-refractivity contribution in [3.8, 4) is 0 Å². The van der Waals surface area contributed by atoms with Crippen molar-refractivity contribution < 1.29 is 0 Å². The van der Waals surface area contributed by atoms with Gasteiger partial charge in [0.2, 0.25) is 0 Å². The molecule has 1 aliphatic rings. The second-order valence-electron chi connectivity index (χ2n) is 5.99. The number of fused-ring (bicyclic) bond motifs is 3. The summed E-state index contributed by atoms with van der Waals surface area (Å²) in [6.45, 7) is 7.35. The van der Waals surface area contributed by atoms with Crippen LogP contribution < -0.4 is 0 Å². The van der Waals surface area contributed by atoms with E-state index < -0.39 is 8.07 Å². The van der Waals surface area contributed by atoms with E-state index in [0.29, 0.717) is 5.54 Å². The van der Waals surface area contributed by atoms with Crippen LogP contribution in [0.4, 0.5) is 0 Å². The standard InChI is InChI=1S/C16H18Si/c1-17(2,3)16-11-10-14-13-7-5-4-6-12(13)8-9-15(14)16/h4-11,16H,1-3H3. The van der Waals surface area contributed by atoms with Crippen molar-refractivity contribution in [3.63, 3.8) is 0 Å². The fourth-order valence-electron chi connectivity index (χ4n) is 2.82. The first-order valence-corrected chi connectivity index (χ1v) is 9.85. The largest absolute Gasteiger partial charge is 0.0791 e. The van der Waals surface area contributed by atoms with E-state index in [1.165, 1.54) is 16.3 Å². The van der Waals surface area contributed by atoms with Crippen molar-refractivity contribution in [1.82, 2.24) is 0 Å². The Morgan fingerprint density at radius 2 is 1.71 bits per heavy atom. The van der Waals surface area contributed by atoms with E-state index >= 15 is 0 Å². The third-order valence-corrected chi connectivity index (χ3v) is 6.10. The van der Waals surface area contributed by atoms with Crippen LogP contribution in [0, 0.1) is 0 Å². The molecule has 0 bridgehead atoms. The fourth-order valence-corrected chi connectivity index (χ4v) is 4.68. The molecule has 0 radical (unpaired) electrons. The minimum Gasteiger partial charge on any atom is -0.0791 e. The molecule has 0 aliphatic heterocycles. The highest BCUT2D eigenvalue weighted by molar-refractivity contribution is 6.78. The van der Waals surface area contributed by atoms with Crippen LogP contribution in [0.1, 0.15) is 16.7 Å². The van der Waals surface area contributed by atoms with Gasteiger partial charge in [-0.2, -0.15) is 0 Å². The predicted octanol–water partition coefficient (Wildman–Crippen LogP) is 4.83. The van der Waals surface area contributed by atoms with E-state index in [2.05, 4.69) is 68.2 Å².